The van der Waals surface area contributed by atoms with E-state index in [0.717, 1.165) is 0 Å². The number of ether oxygens (including phenoxy) is 2. The molecule has 1 heterocycles. The molecule has 32 heavy (non-hydrogen) atoms. The van der Waals surface area contributed by atoms with E-state index >= 15 is 0 Å². The van der Waals surface area contributed by atoms with Crippen LogP contribution in [0.25, 0.3) is 6.08 Å². The topological polar surface area (TPSA) is 88.1 Å². The number of phenols is 1. The molecule has 0 saturated carbocycles. The van der Waals surface area contributed by atoms with E-state index < -0.39 is 11.8 Å². The number of hydrogen-bond donors (Lipinski definition) is 2. The van der Waals surface area contributed by atoms with Gasteiger partial charge < -0.3 is 14.6 Å². The number of nitrogens with one attached hydrogen (secondary N) is 1. The first-order chi connectivity index (χ1) is 15.5. The zero-order chi connectivity index (χ0) is 22.7. The van der Waals surface area contributed by atoms with Crippen LogP contribution in [-0.2, 0) is 9.59 Å². The van der Waals surface area contributed by atoms with Gasteiger partial charge in [0.1, 0.15) is 28.6 Å². The second-order valence-electron chi connectivity index (χ2n) is 6.79. The molecule has 0 radical (unpaired) electrons. The number of methoxy groups -OCH3 is 1. The quantitative estimate of drug-likeness (QED) is 0.350. The third-order valence-corrected chi connectivity index (χ3v) is 4.98. The third kappa shape index (κ3) is 4.30. The van der Waals surface area contributed by atoms with Gasteiger partial charge in [-0.1, -0.05) is 18.2 Å². The number of nitrogens with zero attached hydrogens (tertiary/aromatic N) is 1. The summed E-state index contributed by atoms with van der Waals surface area (Å²) in [6.45, 7) is 0. The number of carbonyl (C=O) groups is 2. The number of para-hydroxylation sites is 1. The van der Waals surface area contributed by atoms with Crippen molar-refractivity contribution < 1.29 is 24.2 Å². The number of amides is 2. The smallest absolute Gasteiger partial charge is 0.270 e. The fourth-order valence-corrected chi connectivity index (χ4v) is 3.44. The molecule has 2 N–H and O–H groups in total. The lowest BCUT2D eigenvalue weighted by molar-refractivity contribution is -0.122. The van der Waals surface area contributed by atoms with Gasteiger partial charge >= 0.3 is 0 Å². The monoisotopic (exact) mass is 446 g/mol. The Labute approximate surface area is 189 Å². The second-order valence-corrected chi connectivity index (χ2v) is 7.18. The molecule has 160 valence electrons. The predicted molar refractivity (Wildman–Crippen MR) is 124 cm³/mol. The highest BCUT2D eigenvalue weighted by atomic mass is 32.1. The number of rotatable bonds is 5. The summed E-state index contributed by atoms with van der Waals surface area (Å²) >= 11 is 5.24. The van der Waals surface area contributed by atoms with Crippen LogP contribution in [0.1, 0.15) is 5.56 Å². The summed E-state index contributed by atoms with van der Waals surface area (Å²) in [5.41, 5.74) is 0.819. The average molecular weight is 446 g/mol. The molecule has 7 nitrogen and oxygen atoms in total. The Morgan fingerprint density at radius 1 is 0.969 bits per heavy atom. The van der Waals surface area contributed by atoms with Crippen molar-refractivity contribution in [3.63, 3.8) is 0 Å². The molecule has 0 bridgehead atoms. The maximum atomic E-state index is 13.2. The lowest BCUT2D eigenvalue weighted by atomic mass is 10.1. The molecular formula is C24H18N2O5S. The largest absolute Gasteiger partial charge is 0.508 e. The molecule has 0 aromatic heterocycles. The standard InChI is InChI=1S/C24H18N2O5S/c1-30-21-14-17(27)10-7-15(21)13-20-22(28)25-24(32)26(23(20)29)16-8-11-19(12-9-16)31-18-5-3-2-4-6-18/h2-14,27H,1H3,(H,25,28,32). The van der Waals surface area contributed by atoms with Gasteiger partial charge in [-0.15, -0.1) is 0 Å². The summed E-state index contributed by atoms with van der Waals surface area (Å²) in [5, 5.41) is 12.2. The summed E-state index contributed by atoms with van der Waals surface area (Å²) in [5.74, 6) is 0.402. The van der Waals surface area contributed by atoms with Gasteiger partial charge in [0.15, 0.2) is 5.11 Å². The van der Waals surface area contributed by atoms with Crippen LogP contribution in [0, 0.1) is 0 Å². The second kappa shape index (κ2) is 8.91. The number of benzene rings is 3. The Bertz CT molecular complexity index is 1220. The van der Waals surface area contributed by atoms with Gasteiger partial charge in [0, 0.05) is 11.6 Å². The van der Waals surface area contributed by atoms with E-state index in [1.807, 2.05) is 30.3 Å². The van der Waals surface area contributed by atoms with Crippen molar-refractivity contribution in [3.8, 4) is 23.0 Å². The van der Waals surface area contributed by atoms with Crippen molar-refractivity contribution >= 4 is 40.9 Å². The zero-order valence-electron chi connectivity index (χ0n) is 16.9. The van der Waals surface area contributed by atoms with E-state index in [-0.39, 0.29) is 16.4 Å². The molecule has 0 unspecified atom stereocenters. The number of aromatic hydroxyl groups is 1. The molecule has 1 aliphatic rings. The van der Waals surface area contributed by atoms with Crippen LogP contribution >= 0.6 is 12.2 Å². The first kappa shape index (κ1) is 21.1. The summed E-state index contributed by atoms with van der Waals surface area (Å²) in [6.07, 6.45) is 1.40. The molecule has 1 saturated heterocycles. The number of thiocarbonyl (C=S) groups is 1. The Morgan fingerprint density at radius 3 is 2.34 bits per heavy atom. The fraction of sp³-hybridized carbons (Fsp3) is 0.0417. The minimum Gasteiger partial charge on any atom is -0.508 e. The zero-order valence-corrected chi connectivity index (χ0v) is 17.8. The van der Waals surface area contributed by atoms with Crippen LogP contribution in [0.2, 0.25) is 0 Å². The highest BCUT2D eigenvalue weighted by Crippen LogP contribution is 2.29. The van der Waals surface area contributed by atoms with Gasteiger partial charge in [-0.05, 0) is 66.8 Å². The van der Waals surface area contributed by atoms with Crippen LogP contribution in [0.15, 0.2) is 78.4 Å². The number of anilines is 1. The molecule has 3 aromatic rings. The van der Waals surface area contributed by atoms with Gasteiger partial charge in [0.2, 0.25) is 0 Å². The van der Waals surface area contributed by atoms with Crippen LogP contribution in [0.4, 0.5) is 5.69 Å². The third-order valence-electron chi connectivity index (χ3n) is 4.69. The highest BCUT2D eigenvalue weighted by Gasteiger charge is 2.34. The van der Waals surface area contributed by atoms with Crippen molar-refractivity contribution in [1.82, 2.24) is 5.32 Å². The molecule has 4 rings (SSSR count). The van der Waals surface area contributed by atoms with E-state index in [9.17, 15) is 14.7 Å². The maximum Gasteiger partial charge on any atom is 0.270 e. The maximum absolute atomic E-state index is 13.2. The van der Waals surface area contributed by atoms with Gasteiger partial charge in [0.25, 0.3) is 11.8 Å². The van der Waals surface area contributed by atoms with Crippen LogP contribution in [-0.4, -0.2) is 29.1 Å². The van der Waals surface area contributed by atoms with Crippen LogP contribution < -0.4 is 19.7 Å². The molecule has 1 aliphatic heterocycles. The van der Waals surface area contributed by atoms with E-state index in [0.29, 0.717) is 28.5 Å². The lowest BCUT2D eigenvalue weighted by Crippen LogP contribution is -2.54. The summed E-state index contributed by atoms with van der Waals surface area (Å²) in [6, 6.07) is 20.5. The molecule has 0 atom stereocenters. The number of phenolic OH excluding ortho intramolecular Hbond substituents is 1. The first-order valence-electron chi connectivity index (χ1n) is 9.57. The summed E-state index contributed by atoms with van der Waals surface area (Å²) in [4.78, 5) is 26.9. The van der Waals surface area contributed by atoms with Gasteiger partial charge in [-0.25, -0.2) is 0 Å². The first-order valence-corrected chi connectivity index (χ1v) is 9.98. The van der Waals surface area contributed by atoms with E-state index in [1.54, 1.807) is 30.3 Å². The van der Waals surface area contributed by atoms with Crippen LogP contribution in [0.3, 0.4) is 0 Å². The molecule has 2 amide bonds. The Kier molecular flexibility index (Phi) is 5.87. The van der Waals surface area contributed by atoms with Crippen molar-refractivity contribution in [1.29, 1.82) is 0 Å². The Balaban J connectivity index is 1.62. The highest BCUT2D eigenvalue weighted by molar-refractivity contribution is 7.80. The van der Waals surface area contributed by atoms with Gasteiger partial charge in [0.05, 0.1) is 12.8 Å². The predicted octanol–water partition coefficient (Wildman–Crippen LogP) is 4.02. The molecular weight excluding hydrogens is 428 g/mol. The fourth-order valence-electron chi connectivity index (χ4n) is 3.15. The van der Waals surface area contributed by atoms with Crippen molar-refractivity contribution in [2.75, 3.05) is 12.0 Å². The van der Waals surface area contributed by atoms with Crippen LogP contribution in [0.5, 0.6) is 23.0 Å². The normalized spacial score (nSPS) is 15.0. The Hall–Kier alpha value is -4.17. The minimum absolute atomic E-state index is 0.00374. The van der Waals surface area contributed by atoms with Crippen molar-refractivity contribution in [2.24, 2.45) is 0 Å². The van der Waals surface area contributed by atoms with Gasteiger partial charge in [-0.3, -0.25) is 19.8 Å². The molecule has 0 spiro atoms. The van der Waals surface area contributed by atoms with Crippen molar-refractivity contribution in [2.45, 2.75) is 0 Å². The SMILES string of the molecule is COc1cc(O)ccc1C=C1C(=O)NC(=S)N(c2ccc(Oc3ccccc3)cc2)C1=O. The van der Waals surface area contributed by atoms with Crippen molar-refractivity contribution in [3.05, 3.63) is 83.9 Å². The average Bonchev–Trinajstić information content (AvgIpc) is 2.79. The van der Waals surface area contributed by atoms with E-state index in [1.165, 1.54) is 30.2 Å². The summed E-state index contributed by atoms with van der Waals surface area (Å²) < 4.78 is 11.0. The minimum atomic E-state index is -0.615. The molecule has 1 fully saturated rings. The summed E-state index contributed by atoms with van der Waals surface area (Å²) in [7, 11) is 1.43. The molecule has 8 heteroatoms. The number of hydrogen-bond acceptors (Lipinski definition) is 6. The van der Waals surface area contributed by atoms with E-state index in [2.05, 4.69) is 5.32 Å². The lowest BCUT2D eigenvalue weighted by Gasteiger charge is -2.29. The van der Waals surface area contributed by atoms with E-state index in [4.69, 9.17) is 21.7 Å². The number of carbonyl (C=O) groups excluding carboxylic acids is 2. The molecule has 0 aliphatic carbocycles. The Morgan fingerprint density at radius 2 is 1.66 bits per heavy atom. The molecule has 3 aromatic carbocycles. The van der Waals surface area contributed by atoms with Gasteiger partial charge in [-0.2, -0.15) is 0 Å².